The Morgan fingerprint density at radius 2 is 2.22 bits per heavy atom. The number of ketones is 1. The molecule has 11 nitrogen and oxygen atoms in total. The van der Waals surface area contributed by atoms with Crippen molar-refractivity contribution in [3.8, 4) is 0 Å². The van der Waals surface area contributed by atoms with Crippen molar-refractivity contribution in [2.45, 2.75) is 44.3 Å². The van der Waals surface area contributed by atoms with Gasteiger partial charge in [0.15, 0.2) is 5.03 Å². The number of hydrazine groups is 1. The average Bonchev–Trinajstić information content (AvgIpc) is 2.91. The smallest absolute Gasteiger partial charge is 0.251 e. The number of aliphatic imine (C=N–C) groups is 1. The van der Waals surface area contributed by atoms with Crippen molar-refractivity contribution in [2.75, 3.05) is 13.1 Å². The molecule has 0 aromatic rings. The molecule has 0 aromatic carbocycles. The van der Waals surface area contributed by atoms with Crippen LogP contribution in [0.4, 0.5) is 0 Å². The molecule has 130 valence electrons. The number of carbonyl (C=O) groups is 2. The largest absolute Gasteiger partial charge is 0.365 e. The molecular weight excluding hydrogens is 306 g/mol. The number of amides is 1. The lowest BCUT2D eigenvalue weighted by molar-refractivity contribution is -0.525. The molecular formula is C12H23N7O4. The van der Waals surface area contributed by atoms with Crippen molar-refractivity contribution < 1.29 is 14.6 Å². The van der Waals surface area contributed by atoms with Gasteiger partial charge in [0.1, 0.15) is 5.78 Å². The van der Waals surface area contributed by atoms with E-state index in [1.165, 1.54) is 6.92 Å². The molecule has 23 heavy (non-hydrogen) atoms. The zero-order chi connectivity index (χ0) is 17.4. The second-order valence-electron chi connectivity index (χ2n) is 5.40. The first-order valence-electron chi connectivity index (χ1n) is 7.30. The van der Waals surface area contributed by atoms with E-state index in [4.69, 9.17) is 11.5 Å². The van der Waals surface area contributed by atoms with E-state index >= 15 is 0 Å². The molecule has 0 aliphatic carbocycles. The lowest BCUT2D eigenvalue weighted by Crippen LogP contribution is -2.46. The third-order valence-electron chi connectivity index (χ3n) is 3.47. The molecule has 0 spiro atoms. The van der Waals surface area contributed by atoms with Crippen LogP contribution in [-0.4, -0.2) is 53.9 Å². The van der Waals surface area contributed by atoms with Crippen molar-refractivity contribution in [3.63, 3.8) is 0 Å². The number of Topliss-reactive ketones (excluding diaryl/α,β-unsaturated/α-hetero) is 1. The fraction of sp³-hybridized carbons (Fsp3) is 0.750. The van der Waals surface area contributed by atoms with Crippen molar-refractivity contribution in [3.05, 3.63) is 10.1 Å². The summed E-state index contributed by atoms with van der Waals surface area (Å²) in [4.78, 5) is 37.0. The van der Waals surface area contributed by atoms with Gasteiger partial charge < -0.3 is 22.1 Å². The van der Waals surface area contributed by atoms with Crippen LogP contribution in [0.2, 0.25) is 0 Å². The van der Waals surface area contributed by atoms with Gasteiger partial charge in [-0.25, -0.2) is 15.1 Å². The molecule has 1 amide bonds. The van der Waals surface area contributed by atoms with Gasteiger partial charge in [-0.2, -0.15) is 0 Å². The lowest BCUT2D eigenvalue weighted by Gasteiger charge is -2.16. The highest BCUT2D eigenvalue weighted by Crippen LogP contribution is 2.08. The lowest BCUT2D eigenvalue weighted by atomic mass is 10.1. The molecule has 0 unspecified atom stereocenters. The Bertz CT molecular complexity index is 482. The van der Waals surface area contributed by atoms with Gasteiger partial charge in [-0.1, -0.05) is 5.43 Å². The Kier molecular flexibility index (Phi) is 7.35. The van der Waals surface area contributed by atoms with Gasteiger partial charge in [0.2, 0.25) is 5.91 Å². The number of guanidine groups is 1. The number of rotatable bonds is 8. The number of nitrogens with zero attached hydrogens (tertiary/aromatic N) is 2. The zero-order valence-corrected chi connectivity index (χ0v) is 12.9. The summed E-state index contributed by atoms with van der Waals surface area (Å²) < 4.78 is 0. The molecule has 1 aliphatic rings. The van der Waals surface area contributed by atoms with Crippen molar-refractivity contribution in [2.24, 2.45) is 16.5 Å². The minimum absolute atomic E-state index is 0.0461. The summed E-state index contributed by atoms with van der Waals surface area (Å²) in [6.45, 7) is 2.27. The summed E-state index contributed by atoms with van der Waals surface area (Å²) >= 11 is 0. The first-order chi connectivity index (χ1) is 10.8. The maximum Gasteiger partial charge on any atom is 0.251 e. The molecule has 0 saturated carbocycles. The Balaban J connectivity index is 2.24. The van der Waals surface area contributed by atoms with E-state index in [1.54, 1.807) is 5.43 Å². The van der Waals surface area contributed by atoms with E-state index in [0.717, 1.165) is 0 Å². The van der Waals surface area contributed by atoms with Gasteiger partial charge in [-0.15, -0.1) is 0 Å². The number of carbonyl (C=O) groups excluding carboxylic acids is 2. The minimum atomic E-state index is -0.804. The average molecular weight is 329 g/mol. The first kappa shape index (κ1) is 18.8. The molecule has 1 saturated heterocycles. The zero-order valence-electron chi connectivity index (χ0n) is 12.9. The molecule has 0 radical (unpaired) electrons. The number of nitro groups is 1. The van der Waals surface area contributed by atoms with Crippen molar-refractivity contribution >= 4 is 17.6 Å². The van der Waals surface area contributed by atoms with Crippen LogP contribution in [-0.2, 0) is 9.59 Å². The predicted octanol–water partition coefficient (Wildman–Crippen LogP) is -2.37. The van der Waals surface area contributed by atoms with Gasteiger partial charge in [0.25, 0.3) is 5.96 Å². The van der Waals surface area contributed by atoms with Crippen LogP contribution in [0.3, 0.4) is 0 Å². The summed E-state index contributed by atoms with van der Waals surface area (Å²) in [5, 5.41) is 15.1. The highest BCUT2D eigenvalue weighted by atomic mass is 16.7. The van der Waals surface area contributed by atoms with Crippen molar-refractivity contribution in [1.82, 2.24) is 16.1 Å². The Labute approximate surface area is 133 Å². The summed E-state index contributed by atoms with van der Waals surface area (Å²) in [6, 6.07) is -1.03. The monoisotopic (exact) mass is 329 g/mol. The number of hydrogen-bond donors (Lipinski definition) is 5. The maximum atomic E-state index is 11.9. The number of nitrogens with two attached hydrogens (primary N) is 2. The van der Waals surface area contributed by atoms with E-state index in [2.05, 4.69) is 15.6 Å². The topological polar surface area (TPSA) is 178 Å². The van der Waals surface area contributed by atoms with Gasteiger partial charge in [-0.05, 0) is 26.2 Å². The molecule has 1 rings (SSSR count). The third-order valence-corrected chi connectivity index (χ3v) is 3.47. The highest BCUT2D eigenvalue weighted by molar-refractivity contribution is 5.83. The van der Waals surface area contributed by atoms with Crippen LogP contribution < -0.4 is 27.5 Å². The highest BCUT2D eigenvalue weighted by Gasteiger charge is 2.28. The molecule has 1 heterocycles. The van der Waals surface area contributed by atoms with E-state index in [-0.39, 0.29) is 36.3 Å². The quantitative estimate of drug-likeness (QED) is 0.108. The fourth-order valence-corrected chi connectivity index (χ4v) is 2.23. The molecule has 0 aromatic heterocycles. The maximum absolute atomic E-state index is 11.9. The summed E-state index contributed by atoms with van der Waals surface area (Å²) in [6.07, 6.45) is 1.40. The molecule has 7 N–H and O–H groups in total. The molecule has 11 heteroatoms. The first-order valence-corrected chi connectivity index (χ1v) is 7.30. The van der Waals surface area contributed by atoms with E-state index in [9.17, 15) is 19.7 Å². The SMILES string of the molecule is CC(=O)[C@@H]1C[C@@H](NC(=O)[C@@H](N)CCCN=C(N)N[N+](=O)[O-])CN1. The van der Waals surface area contributed by atoms with Crippen molar-refractivity contribution in [1.29, 1.82) is 0 Å². The predicted molar refractivity (Wildman–Crippen MR) is 82.8 cm³/mol. The third kappa shape index (κ3) is 7.02. The van der Waals surface area contributed by atoms with Gasteiger partial charge in [-0.3, -0.25) is 9.59 Å². The second-order valence-corrected chi connectivity index (χ2v) is 5.40. The Morgan fingerprint density at radius 1 is 1.52 bits per heavy atom. The summed E-state index contributed by atoms with van der Waals surface area (Å²) in [5.41, 5.74) is 12.8. The number of nitrogens with one attached hydrogen (secondary N) is 3. The van der Waals surface area contributed by atoms with Crippen LogP contribution >= 0.6 is 0 Å². The van der Waals surface area contributed by atoms with Crippen LogP contribution in [0.15, 0.2) is 4.99 Å². The van der Waals surface area contributed by atoms with Crippen LogP contribution in [0.5, 0.6) is 0 Å². The van der Waals surface area contributed by atoms with Crippen LogP contribution in [0, 0.1) is 10.1 Å². The minimum Gasteiger partial charge on any atom is -0.365 e. The van der Waals surface area contributed by atoms with E-state index in [0.29, 0.717) is 25.8 Å². The van der Waals surface area contributed by atoms with Gasteiger partial charge in [0.05, 0.1) is 12.1 Å². The standard InChI is InChI=1S/C12H23N7O4/c1-7(20)10-5-8(6-16-10)17-11(21)9(13)3-2-4-15-12(14)18-19(22)23/h8-10,16H,2-6,13H2,1H3,(H,17,21)(H3,14,15,18)/t8-,9+,10+/m1/s1. The molecule has 0 bridgehead atoms. The fourth-order valence-electron chi connectivity index (χ4n) is 2.23. The normalized spacial score (nSPS) is 22.4. The molecule has 3 atom stereocenters. The summed E-state index contributed by atoms with van der Waals surface area (Å²) in [7, 11) is 0. The summed E-state index contributed by atoms with van der Waals surface area (Å²) in [5.74, 6) is -0.536. The van der Waals surface area contributed by atoms with Crippen LogP contribution in [0.1, 0.15) is 26.2 Å². The second kappa shape index (κ2) is 9.00. The van der Waals surface area contributed by atoms with Gasteiger partial charge in [0, 0.05) is 19.1 Å². The van der Waals surface area contributed by atoms with Gasteiger partial charge >= 0.3 is 0 Å². The number of hydrogen-bond acceptors (Lipinski definition) is 7. The Morgan fingerprint density at radius 3 is 2.78 bits per heavy atom. The van der Waals surface area contributed by atoms with Crippen LogP contribution in [0.25, 0.3) is 0 Å². The van der Waals surface area contributed by atoms with E-state index in [1.807, 2.05) is 0 Å². The molecule has 1 fully saturated rings. The Hall–Kier alpha value is -2.27. The molecule has 1 aliphatic heterocycles. The van der Waals surface area contributed by atoms with E-state index < -0.39 is 11.1 Å².